The topological polar surface area (TPSA) is 64.3 Å². The number of carbonyl (C=O) groups excluding carboxylic acids is 1. The molecule has 0 aliphatic heterocycles. The Hall–Kier alpha value is -2.01. The second-order valence-corrected chi connectivity index (χ2v) is 4.72. The third-order valence-corrected chi connectivity index (χ3v) is 3.48. The van der Waals surface area contributed by atoms with Crippen molar-refractivity contribution < 1.29 is 9.53 Å². The van der Waals surface area contributed by atoms with Gasteiger partial charge in [0.1, 0.15) is 0 Å². The lowest BCUT2D eigenvalue weighted by Gasteiger charge is -2.06. The molecule has 0 saturated heterocycles. The summed E-state index contributed by atoms with van der Waals surface area (Å²) in [5, 5.41) is 5.22. The third-order valence-electron chi connectivity index (χ3n) is 2.54. The number of methoxy groups -OCH3 is 1. The molecule has 2 aromatic rings. The standard InChI is InChI=1S/C13H14N2O2S/c1-17-13(16)9-2-4-10(5-3-9)15-8-12-11(14)6-7-18-12/h2-7,15H,8,14H2,1H3. The molecule has 5 heteroatoms. The van der Waals surface area contributed by atoms with Gasteiger partial charge in [-0.2, -0.15) is 0 Å². The Morgan fingerprint density at radius 2 is 2.06 bits per heavy atom. The van der Waals surface area contributed by atoms with Crippen LogP contribution < -0.4 is 11.1 Å². The highest BCUT2D eigenvalue weighted by Gasteiger charge is 2.04. The molecule has 18 heavy (non-hydrogen) atoms. The van der Waals surface area contributed by atoms with E-state index in [0.717, 1.165) is 16.3 Å². The summed E-state index contributed by atoms with van der Waals surface area (Å²) in [6.45, 7) is 0.682. The summed E-state index contributed by atoms with van der Waals surface area (Å²) in [7, 11) is 1.37. The molecular weight excluding hydrogens is 248 g/mol. The highest BCUT2D eigenvalue weighted by Crippen LogP contribution is 2.20. The summed E-state index contributed by atoms with van der Waals surface area (Å²) in [4.78, 5) is 12.4. The van der Waals surface area contributed by atoms with E-state index >= 15 is 0 Å². The molecule has 0 saturated carbocycles. The molecule has 0 fully saturated rings. The lowest BCUT2D eigenvalue weighted by Crippen LogP contribution is -2.02. The van der Waals surface area contributed by atoms with Gasteiger partial charge in [-0.25, -0.2) is 4.79 Å². The fourth-order valence-electron chi connectivity index (χ4n) is 1.52. The smallest absolute Gasteiger partial charge is 0.337 e. The second kappa shape index (κ2) is 5.55. The van der Waals surface area contributed by atoms with Crippen LogP contribution in [0.4, 0.5) is 11.4 Å². The van der Waals surface area contributed by atoms with Crippen LogP contribution in [0.25, 0.3) is 0 Å². The highest BCUT2D eigenvalue weighted by atomic mass is 32.1. The van der Waals surface area contributed by atoms with Gasteiger partial charge in [0.15, 0.2) is 0 Å². The van der Waals surface area contributed by atoms with Crippen molar-refractivity contribution in [2.75, 3.05) is 18.2 Å². The van der Waals surface area contributed by atoms with Crippen LogP contribution in [-0.2, 0) is 11.3 Å². The van der Waals surface area contributed by atoms with Crippen LogP contribution in [0.1, 0.15) is 15.2 Å². The minimum absolute atomic E-state index is 0.330. The van der Waals surface area contributed by atoms with Gasteiger partial charge in [0.05, 0.1) is 19.2 Å². The number of nitrogens with two attached hydrogens (primary N) is 1. The van der Waals surface area contributed by atoms with E-state index in [2.05, 4.69) is 10.1 Å². The van der Waals surface area contributed by atoms with Crippen LogP contribution in [0, 0.1) is 0 Å². The zero-order valence-corrected chi connectivity index (χ0v) is 10.8. The van der Waals surface area contributed by atoms with E-state index in [-0.39, 0.29) is 5.97 Å². The molecule has 0 atom stereocenters. The Labute approximate surface area is 109 Å². The van der Waals surface area contributed by atoms with Crippen molar-refractivity contribution in [1.29, 1.82) is 0 Å². The molecule has 1 heterocycles. The number of rotatable bonds is 4. The molecule has 2 rings (SSSR count). The minimum Gasteiger partial charge on any atom is -0.465 e. The first kappa shape index (κ1) is 12.4. The first-order valence-corrected chi connectivity index (χ1v) is 6.33. The molecule has 0 bridgehead atoms. The van der Waals surface area contributed by atoms with E-state index in [0.29, 0.717) is 12.1 Å². The maximum absolute atomic E-state index is 11.3. The molecule has 0 radical (unpaired) electrons. The molecule has 0 unspecified atom stereocenters. The van der Waals surface area contributed by atoms with E-state index in [1.807, 2.05) is 23.6 Å². The monoisotopic (exact) mass is 262 g/mol. The van der Waals surface area contributed by atoms with Crippen LogP contribution in [0.3, 0.4) is 0 Å². The molecule has 4 nitrogen and oxygen atoms in total. The van der Waals surface area contributed by atoms with Crippen LogP contribution in [0.15, 0.2) is 35.7 Å². The predicted molar refractivity (Wildman–Crippen MR) is 73.8 cm³/mol. The number of esters is 1. The average molecular weight is 262 g/mol. The van der Waals surface area contributed by atoms with Crippen molar-refractivity contribution in [3.63, 3.8) is 0 Å². The Balaban J connectivity index is 1.98. The van der Waals surface area contributed by atoms with E-state index in [1.54, 1.807) is 23.5 Å². The lowest BCUT2D eigenvalue weighted by atomic mass is 10.2. The third kappa shape index (κ3) is 2.81. The average Bonchev–Trinajstić information content (AvgIpc) is 2.81. The summed E-state index contributed by atoms with van der Waals surface area (Å²) in [6.07, 6.45) is 0. The number of thiophene rings is 1. The Bertz CT molecular complexity index is 534. The van der Waals surface area contributed by atoms with Crippen LogP contribution in [0.5, 0.6) is 0 Å². The normalized spacial score (nSPS) is 10.1. The van der Waals surface area contributed by atoms with E-state index in [1.165, 1.54) is 7.11 Å². The van der Waals surface area contributed by atoms with Crippen molar-refractivity contribution in [1.82, 2.24) is 0 Å². The Morgan fingerprint density at radius 3 is 2.61 bits per heavy atom. The second-order valence-electron chi connectivity index (χ2n) is 3.72. The van der Waals surface area contributed by atoms with Gasteiger partial charge in [-0.3, -0.25) is 0 Å². The molecule has 1 aromatic carbocycles. The maximum atomic E-state index is 11.3. The van der Waals surface area contributed by atoms with Crippen LogP contribution in [0.2, 0.25) is 0 Å². The zero-order valence-electron chi connectivity index (χ0n) is 9.97. The van der Waals surface area contributed by atoms with E-state index < -0.39 is 0 Å². The number of nitrogens with one attached hydrogen (secondary N) is 1. The number of hydrogen-bond donors (Lipinski definition) is 2. The quantitative estimate of drug-likeness (QED) is 0.832. The molecule has 0 aliphatic rings. The van der Waals surface area contributed by atoms with Crippen molar-refractivity contribution >= 4 is 28.7 Å². The van der Waals surface area contributed by atoms with Gasteiger partial charge in [-0.15, -0.1) is 11.3 Å². The van der Waals surface area contributed by atoms with Gasteiger partial charge < -0.3 is 15.8 Å². The summed E-state index contributed by atoms with van der Waals surface area (Å²) in [6, 6.07) is 9.03. The minimum atomic E-state index is -0.330. The maximum Gasteiger partial charge on any atom is 0.337 e. The van der Waals surface area contributed by atoms with Crippen molar-refractivity contribution in [3.8, 4) is 0 Å². The molecule has 3 N–H and O–H groups in total. The molecule has 0 spiro atoms. The molecule has 0 amide bonds. The van der Waals surface area contributed by atoms with Crippen LogP contribution in [-0.4, -0.2) is 13.1 Å². The summed E-state index contributed by atoms with van der Waals surface area (Å²) in [5.74, 6) is -0.330. The molecular formula is C13H14N2O2S. The summed E-state index contributed by atoms with van der Waals surface area (Å²) >= 11 is 1.62. The Morgan fingerprint density at radius 1 is 1.33 bits per heavy atom. The van der Waals surface area contributed by atoms with Gasteiger partial charge in [0, 0.05) is 16.3 Å². The van der Waals surface area contributed by atoms with Gasteiger partial charge in [-0.05, 0) is 35.7 Å². The van der Waals surface area contributed by atoms with Gasteiger partial charge >= 0.3 is 5.97 Å². The van der Waals surface area contributed by atoms with E-state index in [9.17, 15) is 4.79 Å². The highest BCUT2D eigenvalue weighted by molar-refractivity contribution is 7.10. The number of hydrogen-bond acceptors (Lipinski definition) is 5. The fraction of sp³-hybridized carbons (Fsp3) is 0.154. The number of benzene rings is 1. The lowest BCUT2D eigenvalue weighted by molar-refractivity contribution is 0.0601. The Kier molecular flexibility index (Phi) is 3.84. The predicted octanol–water partition coefficient (Wildman–Crippen LogP) is 2.73. The number of nitrogen functional groups attached to an aromatic ring is 1. The first-order chi connectivity index (χ1) is 8.70. The van der Waals surface area contributed by atoms with Gasteiger partial charge in [0.2, 0.25) is 0 Å². The fourth-order valence-corrected chi connectivity index (χ4v) is 2.26. The summed E-state index contributed by atoms with van der Waals surface area (Å²) < 4.78 is 4.64. The largest absolute Gasteiger partial charge is 0.465 e. The van der Waals surface area contributed by atoms with Gasteiger partial charge in [-0.1, -0.05) is 0 Å². The zero-order chi connectivity index (χ0) is 13.0. The summed E-state index contributed by atoms with van der Waals surface area (Å²) in [5.41, 5.74) is 8.08. The number of ether oxygens (including phenoxy) is 1. The number of carbonyl (C=O) groups is 1. The van der Waals surface area contributed by atoms with Gasteiger partial charge in [0.25, 0.3) is 0 Å². The first-order valence-electron chi connectivity index (χ1n) is 5.45. The van der Waals surface area contributed by atoms with Crippen molar-refractivity contribution in [3.05, 3.63) is 46.2 Å². The number of anilines is 2. The SMILES string of the molecule is COC(=O)c1ccc(NCc2sccc2N)cc1. The molecule has 1 aromatic heterocycles. The van der Waals surface area contributed by atoms with Crippen molar-refractivity contribution in [2.24, 2.45) is 0 Å². The van der Waals surface area contributed by atoms with Crippen molar-refractivity contribution in [2.45, 2.75) is 6.54 Å². The molecule has 0 aliphatic carbocycles. The van der Waals surface area contributed by atoms with E-state index in [4.69, 9.17) is 5.73 Å². The van der Waals surface area contributed by atoms with Crippen LogP contribution >= 0.6 is 11.3 Å². The molecule has 94 valence electrons.